The van der Waals surface area contributed by atoms with Gasteiger partial charge in [-0.05, 0) is 52.7 Å². The van der Waals surface area contributed by atoms with Crippen LogP contribution in [-0.4, -0.2) is 10.1 Å². The van der Waals surface area contributed by atoms with Crippen molar-refractivity contribution < 1.29 is 9.84 Å². The fourth-order valence-electron chi connectivity index (χ4n) is 1.59. The number of hydrogen-bond acceptors (Lipinski definition) is 3. The van der Waals surface area contributed by atoms with E-state index in [1.54, 1.807) is 0 Å². The number of aryl methyl sites for hydroxylation is 1. The van der Waals surface area contributed by atoms with Gasteiger partial charge in [0.25, 0.3) is 0 Å². The van der Waals surface area contributed by atoms with Gasteiger partial charge >= 0.3 is 0 Å². The molecule has 2 aromatic rings. The van der Waals surface area contributed by atoms with Gasteiger partial charge in [-0.3, -0.25) is 4.98 Å². The summed E-state index contributed by atoms with van der Waals surface area (Å²) in [6, 6.07) is 11.4. The van der Waals surface area contributed by atoms with Gasteiger partial charge in [0.2, 0.25) is 0 Å². The maximum Gasteiger partial charge on any atom is 0.134 e. The number of hydrogen-bond donors (Lipinski definition) is 1. The molecule has 0 fully saturated rings. The first-order chi connectivity index (χ1) is 8.69. The number of ether oxygens (including phenoxy) is 1. The predicted molar refractivity (Wildman–Crippen MR) is 73.4 cm³/mol. The zero-order chi connectivity index (χ0) is 13.0. The van der Waals surface area contributed by atoms with Gasteiger partial charge in [-0.2, -0.15) is 0 Å². The van der Waals surface area contributed by atoms with Crippen LogP contribution in [0.1, 0.15) is 17.0 Å². The summed E-state index contributed by atoms with van der Waals surface area (Å²) >= 11 is 3.42. The Kier molecular flexibility index (Phi) is 4.33. The minimum absolute atomic E-state index is 0.0261. The van der Waals surface area contributed by atoms with E-state index in [-0.39, 0.29) is 6.61 Å². The van der Waals surface area contributed by atoms with Crippen molar-refractivity contribution in [1.82, 2.24) is 4.98 Å². The molecule has 0 saturated carbocycles. The fraction of sp³-hybridized carbons (Fsp3) is 0.214. The second-order valence-electron chi connectivity index (χ2n) is 3.98. The van der Waals surface area contributed by atoms with Crippen molar-refractivity contribution in [2.45, 2.75) is 20.1 Å². The molecule has 2 rings (SSSR count). The summed E-state index contributed by atoms with van der Waals surface area (Å²) in [6.07, 6.45) is 0. The third-order valence-electron chi connectivity index (χ3n) is 2.50. The Morgan fingerprint density at radius 2 is 2.11 bits per heavy atom. The summed E-state index contributed by atoms with van der Waals surface area (Å²) in [5.41, 5.74) is 2.72. The normalized spacial score (nSPS) is 10.4. The van der Waals surface area contributed by atoms with E-state index in [0.717, 1.165) is 27.2 Å². The van der Waals surface area contributed by atoms with Crippen LogP contribution in [0.5, 0.6) is 5.75 Å². The number of halogens is 1. The van der Waals surface area contributed by atoms with Crippen LogP contribution in [0.4, 0.5) is 0 Å². The molecule has 1 aromatic carbocycles. The molecular formula is C14H14BrNO2. The number of aliphatic hydroxyl groups is 1. The Morgan fingerprint density at radius 3 is 2.78 bits per heavy atom. The van der Waals surface area contributed by atoms with Crippen molar-refractivity contribution in [2.24, 2.45) is 0 Å². The van der Waals surface area contributed by atoms with Crippen LogP contribution in [0.3, 0.4) is 0 Å². The molecule has 0 bridgehead atoms. The van der Waals surface area contributed by atoms with Crippen molar-refractivity contribution in [2.75, 3.05) is 0 Å². The zero-order valence-electron chi connectivity index (χ0n) is 10.1. The standard InChI is InChI=1S/C14H14BrNO2/c1-10-3-2-4-12(16-10)9-18-14-6-5-11(8-17)7-13(14)15/h2-7,17H,8-9H2,1H3. The van der Waals surface area contributed by atoms with Crippen molar-refractivity contribution in [1.29, 1.82) is 0 Å². The molecular weight excluding hydrogens is 294 g/mol. The fourth-order valence-corrected chi connectivity index (χ4v) is 2.13. The van der Waals surface area contributed by atoms with Crippen molar-refractivity contribution in [3.8, 4) is 5.75 Å². The molecule has 0 aliphatic rings. The monoisotopic (exact) mass is 307 g/mol. The van der Waals surface area contributed by atoms with E-state index in [4.69, 9.17) is 9.84 Å². The topological polar surface area (TPSA) is 42.4 Å². The molecule has 1 N–H and O–H groups in total. The molecule has 0 aliphatic heterocycles. The lowest BCUT2D eigenvalue weighted by molar-refractivity contribution is 0.280. The number of benzene rings is 1. The van der Waals surface area contributed by atoms with Crippen LogP contribution in [0.15, 0.2) is 40.9 Å². The number of nitrogens with zero attached hydrogens (tertiary/aromatic N) is 1. The Morgan fingerprint density at radius 1 is 1.28 bits per heavy atom. The Labute approximate surface area is 115 Å². The van der Waals surface area contributed by atoms with Gasteiger partial charge in [-0.15, -0.1) is 0 Å². The largest absolute Gasteiger partial charge is 0.486 e. The summed E-state index contributed by atoms with van der Waals surface area (Å²) in [4.78, 5) is 4.37. The van der Waals surface area contributed by atoms with E-state index in [1.165, 1.54) is 0 Å². The summed E-state index contributed by atoms with van der Waals surface area (Å²) < 4.78 is 6.52. The molecule has 0 aliphatic carbocycles. The van der Waals surface area contributed by atoms with E-state index in [1.807, 2.05) is 43.3 Å². The Bertz CT molecular complexity index is 543. The molecule has 18 heavy (non-hydrogen) atoms. The first-order valence-electron chi connectivity index (χ1n) is 5.63. The van der Waals surface area contributed by atoms with Crippen LogP contribution in [0, 0.1) is 6.92 Å². The lowest BCUT2D eigenvalue weighted by atomic mass is 10.2. The van der Waals surface area contributed by atoms with Gasteiger partial charge in [0, 0.05) is 5.69 Å². The minimum atomic E-state index is 0.0261. The maximum absolute atomic E-state index is 9.02. The van der Waals surface area contributed by atoms with Crippen molar-refractivity contribution in [3.63, 3.8) is 0 Å². The quantitative estimate of drug-likeness (QED) is 0.943. The molecule has 4 heteroatoms. The molecule has 1 heterocycles. The van der Waals surface area contributed by atoms with E-state index in [2.05, 4.69) is 20.9 Å². The summed E-state index contributed by atoms with van der Waals surface area (Å²) in [5, 5.41) is 9.02. The summed E-state index contributed by atoms with van der Waals surface area (Å²) in [7, 11) is 0. The molecule has 1 aromatic heterocycles. The van der Waals surface area contributed by atoms with Gasteiger partial charge in [0.15, 0.2) is 0 Å². The first-order valence-corrected chi connectivity index (χ1v) is 6.43. The highest BCUT2D eigenvalue weighted by molar-refractivity contribution is 9.10. The molecule has 0 radical (unpaired) electrons. The summed E-state index contributed by atoms with van der Waals surface area (Å²) in [5.74, 6) is 0.746. The van der Waals surface area contributed by atoms with Crippen LogP contribution < -0.4 is 4.74 Å². The van der Waals surface area contributed by atoms with Gasteiger partial charge in [0.05, 0.1) is 16.8 Å². The molecule has 0 unspecified atom stereocenters. The summed E-state index contributed by atoms with van der Waals surface area (Å²) in [6.45, 7) is 2.41. The van der Waals surface area contributed by atoms with E-state index < -0.39 is 0 Å². The molecule has 0 saturated heterocycles. The van der Waals surface area contributed by atoms with Gasteiger partial charge in [0.1, 0.15) is 12.4 Å². The molecule has 94 valence electrons. The molecule has 0 atom stereocenters. The van der Waals surface area contributed by atoms with Crippen molar-refractivity contribution in [3.05, 3.63) is 57.8 Å². The third kappa shape index (κ3) is 3.31. The van der Waals surface area contributed by atoms with E-state index in [9.17, 15) is 0 Å². The average molecular weight is 308 g/mol. The number of pyridine rings is 1. The minimum Gasteiger partial charge on any atom is -0.486 e. The van der Waals surface area contributed by atoms with Crippen LogP contribution in [0.2, 0.25) is 0 Å². The molecule has 0 amide bonds. The smallest absolute Gasteiger partial charge is 0.134 e. The Balaban J connectivity index is 2.06. The number of aliphatic hydroxyl groups excluding tert-OH is 1. The maximum atomic E-state index is 9.02. The average Bonchev–Trinajstić information content (AvgIpc) is 2.37. The number of aromatic nitrogens is 1. The van der Waals surface area contributed by atoms with Crippen LogP contribution in [0.25, 0.3) is 0 Å². The zero-order valence-corrected chi connectivity index (χ0v) is 11.6. The Hall–Kier alpha value is -1.39. The highest BCUT2D eigenvalue weighted by atomic mass is 79.9. The van der Waals surface area contributed by atoms with E-state index >= 15 is 0 Å². The first kappa shape index (κ1) is 13.1. The lowest BCUT2D eigenvalue weighted by Gasteiger charge is -2.09. The number of rotatable bonds is 4. The third-order valence-corrected chi connectivity index (χ3v) is 3.12. The lowest BCUT2D eigenvalue weighted by Crippen LogP contribution is -1.99. The van der Waals surface area contributed by atoms with Crippen LogP contribution in [-0.2, 0) is 13.2 Å². The molecule has 0 spiro atoms. The second kappa shape index (κ2) is 5.98. The van der Waals surface area contributed by atoms with Gasteiger partial charge < -0.3 is 9.84 Å². The van der Waals surface area contributed by atoms with Gasteiger partial charge in [-0.25, -0.2) is 0 Å². The predicted octanol–water partition coefficient (Wildman–Crippen LogP) is 3.22. The SMILES string of the molecule is Cc1cccc(COc2ccc(CO)cc2Br)n1. The highest BCUT2D eigenvalue weighted by Crippen LogP contribution is 2.26. The van der Waals surface area contributed by atoms with Gasteiger partial charge in [-0.1, -0.05) is 12.1 Å². The highest BCUT2D eigenvalue weighted by Gasteiger charge is 2.03. The van der Waals surface area contributed by atoms with E-state index in [0.29, 0.717) is 6.61 Å². The molecule has 3 nitrogen and oxygen atoms in total. The van der Waals surface area contributed by atoms with Crippen LogP contribution >= 0.6 is 15.9 Å². The second-order valence-corrected chi connectivity index (χ2v) is 4.84. The van der Waals surface area contributed by atoms with Crippen molar-refractivity contribution >= 4 is 15.9 Å².